The largest absolute Gasteiger partial charge is 0.510 e. The van der Waals surface area contributed by atoms with Crippen molar-refractivity contribution in [3.8, 4) is 17.6 Å². The Hall–Kier alpha value is -3.61. The number of benzene rings is 1. The Balaban J connectivity index is 1.94. The van der Waals surface area contributed by atoms with E-state index in [0.29, 0.717) is 17.5 Å². The molecule has 0 heterocycles. The van der Waals surface area contributed by atoms with Crippen LogP contribution >= 0.6 is 0 Å². The summed E-state index contributed by atoms with van der Waals surface area (Å²) in [6.07, 6.45) is 1.79. The second-order valence-corrected chi connectivity index (χ2v) is 9.50. The molecule has 9 nitrogen and oxygen atoms in total. The predicted octanol–water partition coefficient (Wildman–Crippen LogP) is 1.27. The van der Waals surface area contributed by atoms with Crippen molar-refractivity contribution < 1.29 is 34.8 Å². The maximum Gasteiger partial charge on any atom is 0.255 e. The summed E-state index contributed by atoms with van der Waals surface area (Å²) in [5.41, 5.74) is 2.77. The average Bonchev–Trinajstić information content (AvgIpc) is 2.77. The summed E-state index contributed by atoms with van der Waals surface area (Å²) >= 11 is 0. The van der Waals surface area contributed by atoms with E-state index in [9.17, 15) is 34.8 Å². The molecule has 184 valence electrons. The zero-order valence-electron chi connectivity index (χ0n) is 19.8. The van der Waals surface area contributed by atoms with E-state index in [1.54, 1.807) is 20.2 Å². The summed E-state index contributed by atoms with van der Waals surface area (Å²) in [7, 11) is 3.18. The highest BCUT2D eigenvalue weighted by Crippen LogP contribution is 2.52. The van der Waals surface area contributed by atoms with Crippen LogP contribution < -0.4 is 5.73 Å². The molecule has 1 aromatic rings. The summed E-state index contributed by atoms with van der Waals surface area (Å²) in [4.78, 5) is 40.3. The normalized spacial score (nSPS) is 27.7. The second-order valence-electron chi connectivity index (χ2n) is 9.50. The third-order valence-electron chi connectivity index (χ3n) is 7.20. The van der Waals surface area contributed by atoms with E-state index >= 15 is 0 Å². The summed E-state index contributed by atoms with van der Waals surface area (Å²) < 4.78 is 0. The number of carbonyl (C=O) groups excluding carboxylic acids is 3. The third kappa shape index (κ3) is 3.44. The molecule has 9 heteroatoms. The molecule has 0 aromatic heterocycles. The SMILES string of the molecule is CCCC#Cc1ccc(O)c2c1CC1CC3C(N(C)C)C(O)=C(C(N)=O)C(=O)C3(O)C(O)=C1C2=O. The minimum atomic E-state index is -2.64. The van der Waals surface area contributed by atoms with Gasteiger partial charge in [-0.1, -0.05) is 18.8 Å². The topological polar surface area (TPSA) is 161 Å². The lowest BCUT2D eigenvalue weighted by Gasteiger charge is -2.50. The molecule has 0 aliphatic heterocycles. The molecule has 1 aromatic carbocycles. The number of ketones is 2. The van der Waals surface area contributed by atoms with Crippen LogP contribution in [0.15, 0.2) is 34.8 Å². The number of primary amides is 1. The number of allylic oxidation sites excluding steroid dienone is 1. The van der Waals surface area contributed by atoms with Crippen LogP contribution in [0.5, 0.6) is 5.75 Å². The molecule has 4 atom stereocenters. The number of aliphatic hydroxyl groups excluding tert-OH is 2. The number of amides is 1. The molecule has 3 aliphatic carbocycles. The first-order valence-electron chi connectivity index (χ1n) is 11.4. The van der Waals surface area contributed by atoms with Gasteiger partial charge < -0.3 is 26.2 Å². The number of nitrogens with two attached hydrogens (primary N) is 1. The van der Waals surface area contributed by atoms with Crippen molar-refractivity contribution in [3.63, 3.8) is 0 Å². The first-order chi connectivity index (χ1) is 16.5. The molecule has 1 amide bonds. The number of aliphatic hydroxyl groups is 3. The highest BCUT2D eigenvalue weighted by Gasteiger charge is 2.63. The maximum atomic E-state index is 13.6. The van der Waals surface area contributed by atoms with Gasteiger partial charge in [0.05, 0.1) is 11.6 Å². The Morgan fingerprint density at radius 3 is 2.51 bits per heavy atom. The molecule has 0 radical (unpaired) electrons. The summed E-state index contributed by atoms with van der Waals surface area (Å²) in [6.45, 7) is 1.99. The van der Waals surface area contributed by atoms with E-state index in [1.807, 2.05) is 6.92 Å². The average molecular weight is 481 g/mol. The van der Waals surface area contributed by atoms with Crippen LogP contribution in [0.3, 0.4) is 0 Å². The minimum Gasteiger partial charge on any atom is -0.510 e. The fraction of sp³-hybridized carbons (Fsp3) is 0.423. The van der Waals surface area contributed by atoms with Crippen molar-refractivity contribution >= 4 is 17.5 Å². The van der Waals surface area contributed by atoms with Crippen molar-refractivity contribution in [2.75, 3.05) is 14.1 Å². The molecular formula is C26H28N2O7. The molecule has 0 saturated heterocycles. The predicted molar refractivity (Wildman–Crippen MR) is 125 cm³/mol. The van der Waals surface area contributed by atoms with E-state index in [4.69, 9.17) is 5.73 Å². The molecule has 4 rings (SSSR count). The maximum absolute atomic E-state index is 13.6. The lowest BCUT2D eigenvalue weighted by atomic mass is 9.58. The summed E-state index contributed by atoms with van der Waals surface area (Å²) in [5.74, 6) is -0.569. The number of hydrogen-bond donors (Lipinski definition) is 5. The van der Waals surface area contributed by atoms with Gasteiger partial charge in [-0.05, 0) is 57.0 Å². The van der Waals surface area contributed by atoms with Gasteiger partial charge in [-0.2, -0.15) is 0 Å². The van der Waals surface area contributed by atoms with Crippen LogP contribution in [0.2, 0.25) is 0 Å². The van der Waals surface area contributed by atoms with Crippen LogP contribution in [0.4, 0.5) is 0 Å². The van der Waals surface area contributed by atoms with E-state index in [1.165, 1.54) is 11.0 Å². The van der Waals surface area contributed by atoms with Crippen molar-refractivity contribution in [1.82, 2.24) is 4.90 Å². The standard InChI is InChI=1S/C26H28N2O7/c1-4-5-6-7-12-8-9-16(29)18-14(12)10-13-11-15-20(28(2)3)22(31)19(25(27)34)24(33)26(15,35)23(32)17(13)21(18)30/h8-9,13,15,20,29,31-32,35H,4-5,10-11H2,1-3H3,(H2,27,34). The number of likely N-dealkylation sites (N-methyl/N-ethyl adjacent to an activating group) is 1. The van der Waals surface area contributed by atoms with Crippen molar-refractivity contribution in [2.24, 2.45) is 17.6 Å². The summed E-state index contributed by atoms with van der Waals surface area (Å²) in [5, 5.41) is 44.1. The number of nitrogens with zero attached hydrogens (tertiary/aromatic N) is 1. The number of hydrogen-bond acceptors (Lipinski definition) is 8. The van der Waals surface area contributed by atoms with E-state index < -0.39 is 58.0 Å². The van der Waals surface area contributed by atoms with Gasteiger partial charge in [-0.25, -0.2) is 0 Å². The number of rotatable bonds is 3. The van der Waals surface area contributed by atoms with E-state index in [0.717, 1.165) is 6.42 Å². The van der Waals surface area contributed by atoms with Gasteiger partial charge in [0.25, 0.3) is 5.91 Å². The quantitative estimate of drug-likeness (QED) is 0.319. The second kappa shape index (κ2) is 8.56. The highest BCUT2D eigenvalue weighted by atomic mass is 16.3. The van der Waals surface area contributed by atoms with Crippen LogP contribution in [-0.4, -0.2) is 68.5 Å². The highest BCUT2D eigenvalue weighted by molar-refractivity contribution is 6.24. The van der Waals surface area contributed by atoms with Gasteiger partial charge in [-0.3, -0.25) is 19.3 Å². The number of carbonyl (C=O) groups is 3. The lowest BCUT2D eigenvalue weighted by molar-refractivity contribution is -0.148. The van der Waals surface area contributed by atoms with E-state index in [2.05, 4.69) is 11.8 Å². The van der Waals surface area contributed by atoms with Crippen LogP contribution in [0.25, 0.3) is 0 Å². The number of phenolic OH excluding ortho intramolecular Hbond substituents is 1. The van der Waals surface area contributed by atoms with Gasteiger partial charge in [-0.15, -0.1) is 0 Å². The van der Waals surface area contributed by atoms with E-state index in [-0.39, 0.29) is 29.7 Å². The van der Waals surface area contributed by atoms with Gasteiger partial charge >= 0.3 is 0 Å². The van der Waals surface area contributed by atoms with Crippen molar-refractivity contribution in [3.05, 3.63) is 51.5 Å². The first-order valence-corrected chi connectivity index (χ1v) is 11.4. The van der Waals surface area contributed by atoms with Crippen molar-refractivity contribution in [1.29, 1.82) is 0 Å². The molecule has 0 bridgehead atoms. The summed E-state index contributed by atoms with van der Waals surface area (Å²) in [6, 6.07) is 1.97. The number of phenols is 1. The molecule has 6 N–H and O–H groups in total. The molecular weight excluding hydrogens is 452 g/mol. The zero-order chi connectivity index (χ0) is 25.8. The van der Waals surface area contributed by atoms with Crippen LogP contribution in [-0.2, 0) is 16.0 Å². The third-order valence-corrected chi connectivity index (χ3v) is 7.20. The minimum absolute atomic E-state index is 0.0333. The van der Waals surface area contributed by atoms with Crippen molar-refractivity contribution in [2.45, 2.75) is 44.2 Å². The van der Waals surface area contributed by atoms with Gasteiger partial charge in [0, 0.05) is 23.5 Å². The number of unbranched alkanes of at least 4 members (excludes halogenated alkanes) is 1. The van der Waals surface area contributed by atoms with Gasteiger partial charge in [0.15, 0.2) is 11.4 Å². The number of Topliss-reactive ketones (excluding diaryl/α,β-unsaturated/α-hetero) is 2. The monoisotopic (exact) mass is 480 g/mol. The molecule has 4 unspecified atom stereocenters. The number of aromatic hydroxyl groups is 1. The Morgan fingerprint density at radius 1 is 1.23 bits per heavy atom. The zero-order valence-corrected chi connectivity index (χ0v) is 19.8. The molecule has 3 aliphatic rings. The first kappa shape index (κ1) is 24.5. The Kier molecular flexibility index (Phi) is 5.99. The molecule has 0 saturated carbocycles. The molecule has 0 fully saturated rings. The Morgan fingerprint density at radius 2 is 1.91 bits per heavy atom. The fourth-order valence-corrected chi connectivity index (χ4v) is 5.65. The smallest absolute Gasteiger partial charge is 0.255 e. The Labute approximate surface area is 202 Å². The molecule has 35 heavy (non-hydrogen) atoms. The van der Waals surface area contributed by atoms with Crippen LogP contribution in [0.1, 0.15) is 47.7 Å². The molecule has 0 spiro atoms. The van der Waals surface area contributed by atoms with Crippen LogP contribution in [0, 0.1) is 23.7 Å². The number of fused-ring (bicyclic) bond motifs is 3. The fourth-order valence-electron chi connectivity index (χ4n) is 5.65. The van der Waals surface area contributed by atoms with Gasteiger partial charge in [0.2, 0.25) is 5.78 Å². The lowest BCUT2D eigenvalue weighted by Crippen LogP contribution is -2.63. The van der Waals surface area contributed by atoms with Gasteiger partial charge in [0.1, 0.15) is 22.8 Å². The Bertz CT molecular complexity index is 1280.